The molecule has 3 N–H and O–H groups in total. The first kappa shape index (κ1) is 13.6. The maximum atomic E-state index is 12.0. The highest BCUT2D eigenvalue weighted by molar-refractivity contribution is 6.33. The summed E-state index contributed by atoms with van der Waals surface area (Å²) in [4.78, 5) is 15.8. The number of hydrogen-bond donors (Lipinski definition) is 2. The molecule has 0 aromatic carbocycles. The zero-order valence-corrected chi connectivity index (χ0v) is 11.3. The molecular formula is C12H15Cl2N3O. The van der Waals surface area contributed by atoms with Gasteiger partial charge in [0.2, 0.25) is 0 Å². The summed E-state index contributed by atoms with van der Waals surface area (Å²) < 4.78 is 0. The summed E-state index contributed by atoms with van der Waals surface area (Å²) >= 11 is 11.5. The van der Waals surface area contributed by atoms with Gasteiger partial charge in [0.1, 0.15) is 10.3 Å². The average Bonchev–Trinajstić information content (AvgIpc) is 2.31. The van der Waals surface area contributed by atoms with Gasteiger partial charge in [0.05, 0.1) is 0 Å². The van der Waals surface area contributed by atoms with Crippen molar-refractivity contribution in [2.24, 2.45) is 5.73 Å². The number of nitrogens with zero attached hydrogens (tertiary/aromatic N) is 1. The Labute approximate surface area is 116 Å². The van der Waals surface area contributed by atoms with E-state index in [4.69, 9.17) is 28.9 Å². The van der Waals surface area contributed by atoms with Gasteiger partial charge in [-0.05, 0) is 37.8 Å². The molecule has 1 heterocycles. The summed E-state index contributed by atoms with van der Waals surface area (Å²) in [5.74, 6) is -0.165. The predicted molar refractivity (Wildman–Crippen MR) is 72.0 cm³/mol. The highest BCUT2D eigenvalue weighted by Crippen LogP contribution is 2.19. The van der Waals surface area contributed by atoms with Crippen molar-refractivity contribution in [1.82, 2.24) is 10.3 Å². The number of hydrogen-bond acceptors (Lipinski definition) is 3. The van der Waals surface area contributed by atoms with Crippen LogP contribution in [0.3, 0.4) is 0 Å². The fraction of sp³-hybridized carbons (Fsp3) is 0.500. The first-order valence-corrected chi connectivity index (χ1v) is 6.69. The summed E-state index contributed by atoms with van der Waals surface area (Å²) in [6.07, 6.45) is 3.73. The lowest BCUT2D eigenvalue weighted by molar-refractivity contribution is 0.0926. The Morgan fingerprint density at radius 3 is 2.33 bits per heavy atom. The minimum Gasteiger partial charge on any atom is -0.349 e. The van der Waals surface area contributed by atoms with E-state index in [9.17, 15) is 4.79 Å². The fourth-order valence-corrected chi connectivity index (χ4v) is 2.59. The summed E-state index contributed by atoms with van der Waals surface area (Å²) in [6.45, 7) is 0. The molecule has 0 atom stereocenters. The van der Waals surface area contributed by atoms with Crippen LogP contribution in [0.2, 0.25) is 10.3 Å². The van der Waals surface area contributed by atoms with Crippen molar-refractivity contribution in [2.45, 2.75) is 37.8 Å². The van der Waals surface area contributed by atoms with E-state index in [-0.39, 0.29) is 28.3 Å². The third-order valence-corrected chi connectivity index (χ3v) is 3.52. The van der Waals surface area contributed by atoms with Crippen molar-refractivity contribution in [3.8, 4) is 0 Å². The number of pyridine rings is 1. The molecule has 0 radical (unpaired) electrons. The molecule has 0 spiro atoms. The average molecular weight is 288 g/mol. The Bertz CT molecular complexity index is 425. The number of carbonyl (C=O) groups is 1. The van der Waals surface area contributed by atoms with Gasteiger partial charge in [-0.2, -0.15) is 0 Å². The maximum Gasteiger partial charge on any atom is 0.251 e. The van der Waals surface area contributed by atoms with E-state index in [1.165, 1.54) is 12.1 Å². The zero-order valence-electron chi connectivity index (χ0n) is 9.83. The summed E-state index contributed by atoms with van der Waals surface area (Å²) in [5, 5.41) is 3.41. The minimum atomic E-state index is -0.165. The number of aromatic nitrogens is 1. The molecule has 1 amide bonds. The van der Waals surface area contributed by atoms with Gasteiger partial charge in [-0.1, -0.05) is 23.2 Å². The van der Waals surface area contributed by atoms with Gasteiger partial charge in [-0.15, -0.1) is 0 Å². The van der Waals surface area contributed by atoms with Gasteiger partial charge in [0.25, 0.3) is 5.91 Å². The third-order valence-electron chi connectivity index (χ3n) is 3.13. The van der Waals surface area contributed by atoms with Crippen LogP contribution in [0, 0.1) is 0 Å². The van der Waals surface area contributed by atoms with E-state index < -0.39 is 0 Å². The molecular weight excluding hydrogens is 273 g/mol. The van der Waals surface area contributed by atoms with E-state index in [0.717, 1.165) is 25.7 Å². The lowest BCUT2D eigenvalue weighted by Crippen LogP contribution is -2.40. The summed E-state index contributed by atoms with van der Waals surface area (Å²) in [7, 11) is 0. The van der Waals surface area contributed by atoms with E-state index in [0.29, 0.717) is 5.56 Å². The first-order chi connectivity index (χ1) is 8.54. The Kier molecular flexibility index (Phi) is 4.43. The van der Waals surface area contributed by atoms with Crippen LogP contribution in [0.25, 0.3) is 0 Å². The molecule has 1 aliphatic carbocycles. The van der Waals surface area contributed by atoms with Crippen molar-refractivity contribution in [1.29, 1.82) is 0 Å². The molecule has 1 saturated carbocycles. The molecule has 2 rings (SSSR count). The van der Waals surface area contributed by atoms with Crippen molar-refractivity contribution in [2.75, 3.05) is 0 Å². The number of rotatable bonds is 2. The van der Waals surface area contributed by atoms with Gasteiger partial charge in [-0.25, -0.2) is 4.98 Å². The van der Waals surface area contributed by atoms with E-state index in [2.05, 4.69) is 10.3 Å². The molecule has 1 fully saturated rings. The Balaban J connectivity index is 1.99. The second-order valence-corrected chi connectivity index (χ2v) is 5.36. The van der Waals surface area contributed by atoms with Crippen LogP contribution >= 0.6 is 23.2 Å². The highest BCUT2D eigenvalue weighted by Gasteiger charge is 2.20. The molecule has 4 nitrogen and oxygen atoms in total. The first-order valence-electron chi connectivity index (χ1n) is 5.94. The lowest BCUT2D eigenvalue weighted by Gasteiger charge is -2.26. The van der Waals surface area contributed by atoms with Gasteiger partial charge in [0, 0.05) is 17.6 Å². The van der Waals surface area contributed by atoms with Crippen molar-refractivity contribution in [3.63, 3.8) is 0 Å². The van der Waals surface area contributed by atoms with Crippen LogP contribution in [0.4, 0.5) is 0 Å². The van der Waals surface area contributed by atoms with E-state index in [1.54, 1.807) is 0 Å². The largest absolute Gasteiger partial charge is 0.349 e. The molecule has 0 saturated heterocycles. The van der Waals surface area contributed by atoms with Crippen LogP contribution in [0.15, 0.2) is 12.1 Å². The zero-order chi connectivity index (χ0) is 13.1. The summed E-state index contributed by atoms with van der Waals surface area (Å²) in [6, 6.07) is 3.47. The Morgan fingerprint density at radius 2 is 1.78 bits per heavy atom. The van der Waals surface area contributed by atoms with Crippen molar-refractivity contribution >= 4 is 29.1 Å². The van der Waals surface area contributed by atoms with Crippen molar-refractivity contribution < 1.29 is 4.79 Å². The van der Waals surface area contributed by atoms with Crippen LogP contribution in [-0.4, -0.2) is 23.0 Å². The molecule has 0 aliphatic heterocycles. The molecule has 0 bridgehead atoms. The lowest BCUT2D eigenvalue weighted by atomic mass is 9.91. The monoisotopic (exact) mass is 287 g/mol. The number of carbonyl (C=O) groups excluding carboxylic acids is 1. The second-order valence-electron chi connectivity index (χ2n) is 4.59. The molecule has 1 aromatic heterocycles. The van der Waals surface area contributed by atoms with Crippen LogP contribution in [0.1, 0.15) is 36.0 Å². The van der Waals surface area contributed by atoms with E-state index in [1.807, 2.05) is 0 Å². The third kappa shape index (κ3) is 3.57. The molecule has 6 heteroatoms. The SMILES string of the molecule is NC1CCC(NC(=O)c2cc(Cl)nc(Cl)c2)CC1. The Hall–Kier alpha value is -0.840. The number of nitrogens with one attached hydrogen (secondary N) is 1. The molecule has 0 unspecified atom stereocenters. The van der Waals surface area contributed by atoms with Crippen LogP contribution in [0.5, 0.6) is 0 Å². The second kappa shape index (κ2) is 5.87. The summed E-state index contributed by atoms with van der Waals surface area (Å²) in [5.41, 5.74) is 6.26. The predicted octanol–water partition coefficient (Wildman–Crippen LogP) is 2.39. The smallest absolute Gasteiger partial charge is 0.251 e. The fourth-order valence-electron chi connectivity index (χ4n) is 2.13. The van der Waals surface area contributed by atoms with Crippen molar-refractivity contribution in [3.05, 3.63) is 28.0 Å². The molecule has 1 aliphatic rings. The normalized spacial score (nSPS) is 23.7. The maximum absolute atomic E-state index is 12.0. The molecule has 18 heavy (non-hydrogen) atoms. The van der Waals surface area contributed by atoms with Gasteiger partial charge in [0.15, 0.2) is 0 Å². The number of amides is 1. The van der Waals surface area contributed by atoms with Gasteiger partial charge < -0.3 is 11.1 Å². The highest BCUT2D eigenvalue weighted by atomic mass is 35.5. The number of nitrogens with two attached hydrogens (primary N) is 1. The van der Waals surface area contributed by atoms with Gasteiger partial charge in [-0.3, -0.25) is 4.79 Å². The van der Waals surface area contributed by atoms with Crippen LogP contribution in [-0.2, 0) is 0 Å². The Morgan fingerprint density at radius 1 is 1.22 bits per heavy atom. The van der Waals surface area contributed by atoms with E-state index >= 15 is 0 Å². The standard InChI is InChI=1S/C12H15Cl2N3O/c13-10-5-7(6-11(14)17-10)12(18)16-9-3-1-8(15)2-4-9/h5-6,8-9H,1-4,15H2,(H,16,18). The molecule has 98 valence electrons. The van der Waals surface area contributed by atoms with Crippen LogP contribution < -0.4 is 11.1 Å². The number of halogens is 2. The topological polar surface area (TPSA) is 68.0 Å². The molecule has 1 aromatic rings. The minimum absolute atomic E-state index is 0.165. The van der Waals surface area contributed by atoms with Gasteiger partial charge >= 0.3 is 0 Å². The quantitative estimate of drug-likeness (QED) is 0.821.